The predicted molar refractivity (Wildman–Crippen MR) is 90.4 cm³/mol. The van der Waals surface area contributed by atoms with E-state index >= 15 is 0 Å². The number of ether oxygens (including phenoxy) is 1. The first-order valence-electron chi connectivity index (χ1n) is 8.13. The number of hydrogen-bond donors (Lipinski definition) is 2. The largest absolute Gasteiger partial charge is 0.396 e. The number of amides is 1. The Morgan fingerprint density at radius 1 is 1.39 bits per heavy atom. The number of aliphatic hydroxyl groups is 1. The van der Waals surface area contributed by atoms with E-state index in [0.717, 1.165) is 31.5 Å². The first-order valence-corrected chi connectivity index (χ1v) is 8.51. The summed E-state index contributed by atoms with van der Waals surface area (Å²) in [6.07, 6.45) is 2.82. The molecule has 1 saturated heterocycles. The molecule has 0 atom stereocenters. The fourth-order valence-corrected chi connectivity index (χ4v) is 2.87. The lowest BCUT2D eigenvalue weighted by Gasteiger charge is -2.31. The third-order valence-corrected chi connectivity index (χ3v) is 4.17. The molecule has 1 aromatic rings. The minimum atomic E-state index is 0.0321. The zero-order chi connectivity index (χ0) is 16.5. The molecule has 0 spiro atoms. The van der Waals surface area contributed by atoms with Crippen LogP contribution in [0, 0.1) is 0 Å². The number of nitrogens with one attached hydrogen (secondary N) is 1. The van der Waals surface area contributed by atoms with E-state index in [1.807, 2.05) is 24.3 Å². The number of hydrogen-bond acceptors (Lipinski definition) is 4. The highest BCUT2D eigenvalue weighted by molar-refractivity contribution is 6.30. The fourth-order valence-electron chi connectivity index (χ4n) is 2.66. The lowest BCUT2D eigenvalue weighted by Crippen LogP contribution is -2.43. The highest BCUT2D eigenvalue weighted by Gasteiger charge is 2.21. The number of likely N-dealkylation sites (tertiary alicyclic amines) is 1. The standard InChI is InChI=1S/C17H25ClN2O3/c18-15-4-1-3-14(11-15)12-19-17(22)13-20-7-5-16(6-8-20)23-10-2-9-21/h1,3-4,11,16,21H,2,5-10,12-13H2,(H,19,22). The Morgan fingerprint density at radius 3 is 2.87 bits per heavy atom. The maximum Gasteiger partial charge on any atom is 0.234 e. The van der Waals surface area contributed by atoms with Crippen molar-refractivity contribution in [3.05, 3.63) is 34.9 Å². The normalized spacial score (nSPS) is 16.4. The van der Waals surface area contributed by atoms with Crippen LogP contribution in [0.5, 0.6) is 0 Å². The summed E-state index contributed by atoms with van der Waals surface area (Å²) in [5.74, 6) is 0.0321. The highest BCUT2D eigenvalue weighted by atomic mass is 35.5. The van der Waals surface area contributed by atoms with E-state index in [9.17, 15) is 4.79 Å². The van der Waals surface area contributed by atoms with Crippen molar-refractivity contribution in [3.8, 4) is 0 Å². The molecular weight excluding hydrogens is 316 g/mol. The van der Waals surface area contributed by atoms with Gasteiger partial charge in [-0.25, -0.2) is 0 Å². The van der Waals surface area contributed by atoms with Gasteiger partial charge in [0, 0.05) is 37.9 Å². The Labute approximate surface area is 142 Å². The summed E-state index contributed by atoms with van der Waals surface area (Å²) >= 11 is 5.93. The van der Waals surface area contributed by atoms with Crippen molar-refractivity contribution in [1.82, 2.24) is 10.2 Å². The average molecular weight is 341 g/mol. The molecule has 0 radical (unpaired) electrons. The Kier molecular flexibility index (Phi) is 7.82. The second-order valence-electron chi connectivity index (χ2n) is 5.83. The zero-order valence-corrected chi connectivity index (χ0v) is 14.1. The molecule has 2 N–H and O–H groups in total. The van der Waals surface area contributed by atoms with E-state index in [0.29, 0.717) is 31.1 Å². The average Bonchev–Trinajstić information content (AvgIpc) is 2.55. The molecule has 128 valence electrons. The quantitative estimate of drug-likeness (QED) is 0.709. The van der Waals surface area contributed by atoms with Crippen molar-refractivity contribution < 1.29 is 14.6 Å². The number of halogens is 1. The van der Waals surface area contributed by atoms with Crippen molar-refractivity contribution in [2.45, 2.75) is 31.9 Å². The number of rotatable bonds is 8. The highest BCUT2D eigenvalue weighted by Crippen LogP contribution is 2.14. The van der Waals surface area contributed by atoms with Gasteiger partial charge in [0.1, 0.15) is 0 Å². The summed E-state index contributed by atoms with van der Waals surface area (Å²) in [7, 11) is 0. The van der Waals surface area contributed by atoms with Gasteiger partial charge in [-0.05, 0) is 37.0 Å². The van der Waals surface area contributed by atoms with Crippen LogP contribution in [-0.4, -0.2) is 54.9 Å². The van der Waals surface area contributed by atoms with Gasteiger partial charge in [0.05, 0.1) is 12.6 Å². The van der Waals surface area contributed by atoms with E-state index in [-0.39, 0.29) is 18.6 Å². The molecule has 0 aromatic heterocycles. The molecule has 1 amide bonds. The Hall–Kier alpha value is -1.14. The number of carbonyl (C=O) groups is 1. The zero-order valence-electron chi connectivity index (χ0n) is 13.3. The summed E-state index contributed by atoms with van der Waals surface area (Å²) in [5, 5.41) is 12.4. The van der Waals surface area contributed by atoms with Crippen LogP contribution >= 0.6 is 11.6 Å². The molecule has 1 aliphatic rings. The van der Waals surface area contributed by atoms with Crippen LogP contribution in [0.3, 0.4) is 0 Å². The van der Waals surface area contributed by atoms with E-state index < -0.39 is 0 Å². The maximum absolute atomic E-state index is 12.0. The van der Waals surface area contributed by atoms with E-state index in [1.54, 1.807) is 0 Å². The molecule has 0 aliphatic carbocycles. The second-order valence-corrected chi connectivity index (χ2v) is 6.27. The monoisotopic (exact) mass is 340 g/mol. The van der Waals surface area contributed by atoms with Crippen molar-refractivity contribution in [2.75, 3.05) is 32.8 Å². The number of aliphatic hydroxyl groups excluding tert-OH is 1. The molecule has 1 heterocycles. The van der Waals surface area contributed by atoms with Crippen molar-refractivity contribution in [1.29, 1.82) is 0 Å². The molecule has 1 aliphatic heterocycles. The van der Waals surface area contributed by atoms with Crippen molar-refractivity contribution >= 4 is 17.5 Å². The van der Waals surface area contributed by atoms with Crippen LogP contribution in [0.2, 0.25) is 5.02 Å². The van der Waals surface area contributed by atoms with Crippen molar-refractivity contribution in [3.63, 3.8) is 0 Å². The van der Waals surface area contributed by atoms with Crippen LogP contribution in [0.4, 0.5) is 0 Å². The van der Waals surface area contributed by atoms with E-state index in [1.165, 1.54) is 0 Å². The van der Waals surface area contributed by atoms with Crippen molar-refractivity contribution in [2.24, 2.45) is 0 Å². The Balaban J connectivity index is 1.63. The van der Waals surface area contributed by atoms with Gasteiger partial charge in [-0.1, -0.05) is 23.7 Å². The topological polar surface area (TPSA) is 61.8 Å². The Morgan fingerprint density at radius 2 is 2.17 bits per heavy atom. The third kappa shape index (κ3) is 6.87. The second kappa shape index (κ2) is 9.88. The molecular formula is C17H25ClN2O3. The van der Waals surface area contributed by atoms with E-state index in [2.05, 4.69) is 10.2 Å². The summed E-state index contributed by atoms with van der Waals surface area (Å²) < 4.78 is 5.69. The van der Waals surface area contributed by atoms with Gasteiger partial charge in [-0.2, -0.15) is 0 Å². The molecule has 1 aromatic carbocycles. The first-order chi connectivity index (χ1) is 11.2. The number of nitrogens with zero attached hydrogens (tertiary/aromatic N) is 1. The van der Waals surface area contributed by atoms with Crippen LogP contribution in [0.1, 0.15) is 24.8 Å². The molecule has 2 rings (SSSR count). The van der Waals surface area contributed by atoms with Gasteiger partial charge < -0.3 is 15.2 Å². The minimum Gasteiger partial charge on any atom is -0.396 e. The van der Waals surface area contributed by atoms with Gasteiger partial charge >= 0.3 is 0 Å². The van der Waals surface area contributed by atoms with Crippen LogP contribution in [-0.2, 0) is 16.1 Å². The third-order valence-electron chi connectivity index (χ3n) is 3.94. The molecule has 0 unspecified atom stereocenters. The molecule has 5 nitrogen and oxygen atoms in total. The predicted octanol–water partition coefficient (Wildman–Crippen LogP) is 1.82. The number of benzene rings is 1. The van der Waals surface area contributed by atoms with Gasteiger partial charge in [-0.15, -0.1) is 0 Å². The maximum atomic E-state index is 12.0. The summed E-state index contributed by atoms with van der Waals surface area (Å²) in [5.41, 5.74) is 1.00. The SMILES string of the molecule is O=C(CN1CCC(OCCCO)CC1)NCc1cccc(Cl)c1. The summed E-state index contributed by atoms with van der Waals surface area (Å²) in [6, 6.07) is 7.50. The summed E-state index contributed by atoms with van der Waals surface area (Å²) in [4.78, 5) is 14.2. The van der Waals surface area contributed by atoms with Crippen LogP contribution in [0.25, 0.3) is 0 Å². The van der Waals surface area contributed by atoms with Gasteiger partial charge in [0.2, 0.25) is 5.91 Å². The van der Waals surface area contributed by atoms with Crippen LogP contribution < -0.4 is 5.32 Å². The fraction of sp³-hybridized carbons (Fsp3) is 0.588. The Bertz CT molecular complexity index is 490. The molecule has 6 heteroatoms. The van der Waals surface area contributed by atoms with Gasteiger partial charge in [0.25, 0.3) is 0 Å². The van der Waals surface area contributed by atoms with Gasteiger partial charge in [-0.3, -0.25) is 9.69 Å². The van der Waals surface area contributed by atoms with Gasteiger partial charge in [0.15, 0.2) is 0 Å². The smallest absolute Gasteiger partial charge is 0.234 e. The first kappa shape index (κ1) is 18.2. The lowest BCUT2D eigenvalue weighted by atomic mass is 10.1. The summed E-state index contributed by atoms with van der Waals surface area (Å²) in [6.45, 7) is 3.44. The lowest BCUT2D eigenvalue weighted by molar-refractivity contribution is -0.123. The minimum absolute atomic E-state index is 0.0321. The number of carbonyl (C=O) groups excluding carboxylic acids is 1. The molecule has 0 bridgehead atoms. The molecule has 23 heavy (non-hydrogen) atoms. The molecule has 1 fully saturated rings. The molecule has 0 saturated carbocycles. The number of piperidine rings is 1. The van der Waals surface area contributed by atoms with Crippen LogP contribution in [0.15, 0.2) is 24.3 Å². The van der Waals surface area contributed by atoms with E-state index in [4.69, 9.17) is 21.4 Å².